The van der Waals surface area contributed by atoms with Crippen LogP contribution < -0.4 is 5.32 Å². The Balaban J connectivity index is 1.51. The van der Waals surface area contributed by atoms with E-state index < -0.39 is 6.17 Å². The molecule has 0 unspecified atom stereocenters. The molecule has 6 nitrogen and oxygen atoms in total. The SMILES string of the molecule is Cn1cc(-c2ccc3ncc(-c4cccc(N[C@H]5CCC[C@@H]5F)n4)n3c2)cn1. The summed E-state index contributed by atoms with van der Waals surface area (Å²) >= 11 is 0. The van der Waals surface area contributed by atoms with Crippen molar-refractivity contribution < 1.29 is 4.39 Å². The van der Waals surface area contributed by atoms with Crippen molar-refractivity contribution in [1.29, 1.82) is 0 Å². The van der Waals surface area contributed by atoms with Gasteiger partial charge in [-0.25, -0.2) is 14.4 Å². The van der Waals surface area contributed by atoms with Crippen LogP contribution in [0.25, 0.3) is 28.2 Å². The standard InChI is InChI=1S/C21H21FN6/c1-27-12-15(10-24-27)14-8-9-21-23-11-19(28(21)13-14)18-6-3-7-20(26-18)25-17-5-2-4-16(17)22/h3,6-13,16-17H,2,4-5H2,1H3,(H,25,26)/t16-,17-/m0/s1. The smallest absolute Gasteiger partial charge is 0.137 e. The van der Waals surface area contributed by atoms with Gasteiger partial charge in [0.1, 0.15) is 17.6 Å². The molecule has 0 amide bonds. The molecule has 7 heteroatoms. The van der Waals surface area contributed by atoms with Gasteiger partial charge in [0.25, 0.3) is 0 Å². The van der Waals surface area contributed by atoms with Crippen LogP contribution in [0.15, 0.2) is 55.1 Å². The van der Waals surface area contributed by atoms with Crippen molar-refractivity contribution in [2.75, 3.05) is 5.32 Å². The monoisotopic (exact) mass is 376 g/mol. The van der Waals surface area contributed by atoms with Crippen molar-refractivity contribution in [2.24, 2.45) is 7.05 Å². The zero-order chi connectivity index (χ0) is 19.1. The quantitative estimate of drug-likeness (QED) is 0.583. The number of pyridine rings is 2. The molecule has 1 aliphatic carbocycles. The highest BCUT2D eigenvalue weighted by molar-refractivity contribution is 5.67. The Morgan fingerprint density at radius 3 is 2.79 bits per heavy atom. The van der Waals surface area contributed by atoms with Gasteiger partial charge in [-0.2, -0.15) is 5.10 Å². The number of imidazole rings is 1. The molecule has 28 heavy (non-hydrogen) atoms. The van der Waals surface area contributed by atoms with E-state index in [0.29, 0.717) is 12.2 Å². The fraction of sp³-hybridized carbons (Fsp3) is 0.286. The van der Waals surface area contributed by atoms with Gasteiger partial charge in [-0.15, -0.1) is 0 Å². The maximum Gasteiger partial charge on any atom is 0.137 e. The Morgan fingerprint density at radius 2 is 2.00 bits per heavy atom. The number of rotatable bonds is 4. The summed E-state index contributed by atoms with van der Waals surface area (Å²) in [5, 5.41) is 7.50. The van der Waals surface area contributed by atoms with Gasteiger partial charge in [-0.05, 0) is 43.5 Å². The highest BCUT2D eigenvalue weighted by Gasteiger charge is 2.27. The number of aryl methyl sites for hydroxylation is 1. The summed E-state index contributed by atoms with van der Waals surface area (Å²) < 4.78 is 17.8. The predicted octanol–water partition coefficient (Wildman–Crippen LogP) is 4.10. The molecule has 2 atom stereocenters. The zero-order valence-electron chi connectivity index (χ0n) is 15.6. The molecular weight excluding hydrogens is 355 g/mol. The van der Waals surface area contributed by atoms with Crippen LogP contribution in [-0.2, 0) is 7.05 Å². The van der Waals surface area contributed by atoms with Gasteiger partial charge in [0.05, 0.1) is 29.8 Å². The highest BCUT2D eigenvalue weighted by atomic mass is 19.1. The number of hydrogen-bond donors (Lipinski definition) is 1. The fourth-order valence-corrected chi connectivity index (χ4v) is 3.84. The van der Waals surface area contributed by atoms with E-state index in [1.807, 2.05) is 66.6 Å². The minimum atomic E-state index is -0.803. The van der Waals surface area contributed by atoms with E-state index in [4.69, 9.17) is 4.98 Å². The number of fused-ring (bicyclic) bond motifs is 1. The number of aromatic nitrogens is 5. The molecule has 0 spiro atoms. The number of hydrogen-bond acceptors (Lipinski definition) is 4. The molecule has 1 saturated carbocycles. The van der Waals surface area contributed by atoms with Crippen LogP contribution in [0.5, 0.6) is 0 Å². The Hall–Kier alpha value is -3.22. The first kappa shape index (κ1) is 16.9. The van der Waals surface area contributed by atoms with Crippen LogP contribution in [-0.4, -0.2) is 36.4 Å². The summed E-state index contributed by atoms with van der Waals surface area (Å²) in [4.78, 5) is 9.22. The second kappa shape index (κ2) is 6.74. The van der Waals surface area contributed by atoms with Gasteiger partial charge in [0, 0.05) is 30.6 Å². The van der Waals surface area contributed by atoms with Crippen LogP contribution in [0.2, 0.25) is 0 Å². The van der Waals surface area contributed by atoms with Crippen LogP contribution in [0.4, 0.5) is 10.2 Å². The maximum absolute atomic E-state index is 14.0. The van der Waals surface area contributed by atoms with Gasteiger partial charge in [0.2, 0.25) is 0 Å². The van der Waals surface area contributed by atoms with E-state index in [1.54, 1.807) is 4.68 Å². The van der Waals surface area contributed by atoms with Crippen LogP contribution in [0.1, 0.15) is 19.3 Å². The van der Waals surface area contributed by atoms with Crippen LogP contribution in [0.3, 0.4) is 0 Å². The average molecular weight is 376 g/mol. The summed E-state index contributed by atoms with van der Waals surface area (Å²) in [6, 6.07) is 9.65. The summed E-state index contributed by atoms with van der Waals surface area (Å²) in [6.45, 7) is 0. The number of nitrogens with zero attached hydrogens (tertiary/aromatic N) is 5. The van der Waals surface area contributed by atoms with Gasteiger partial charge in [-0.1, -0.05) is 6.07 Å². The second-order valence-electron chi connectivity index (χ2n) is 7.30. The maximum atomic E-state index is 14.0. The summed E-state index contributed by atoms with van der Waals surface area (Å²) in [6.07, 6.45) is 9.28. The number of alkyl halides is 1. The lowest BCUT2D eigenvalue weighted by Gasteiger charge is -2.16. The lowest BCUT2D eigenvalue weighted by molar-refractivity contribution is 0.323. The van der Waals surface area contributed by atoms with E-state index in [0.717, 1.165) is 41.0 Å². The van der Waals surface area contributed by atoms with E-state index >= 15 is 0 Å². The third kappa shape index (κ3) is 3.02. The summed E-state index contributed by atoms with van der Waals surface area (Å²) in [7, 11) is 1.90. The number of halogens is 1. The average Bonchev–Trinajstić information content (AvgIpc) is 3.42. The topological polar surface area (TPSA) is 60.0 Å². The zero-order valence-corrected chi connectivity index (χ0v) is 15.6. The first-order valence-electron chi connectivity index (χ1n) is 9.51. The van der Waals surface area contributed by atoms with Crippen molar-refractivity contribution in [1.82, 2.24) is 24.1 Å². The third-order valence-corrected chi connectivity index (χ3v) is 5.32. The molecule has 1 N–H and O–H groups in total. The normalized spacial score (nSPS) is 19.4. The minimum absolute atomic E-state index is 0.151. The second-order valence-corrected chi connectivity index (χ2v) is 7.30. The number of nitrogens with one attached hydrogen (secondary N) is 1. The third-order valence-electron chi connectivity index (χ3n) is 5.32. The van der Waals surface area contributed by atoms with Gasteiger partial charge in [-0.3, -0.25) is 9.08 Å². The first-order chi connectivity index (χ1) is 13.7. The molecule has 4 heterocycles. The number of anilines is 1. The molecule has 1 fully saturated rings. The predicted molar refractivity (Wildman–Crippen MR) is 107 cm³/mol. The van der Waals surface area contributed by atoms with Crippen LogP contribution in [0, 0.1) is 0 Å². The van der Waals surface area contributed by atoms with Crippen molar-refractivity contribution >= 4 is 11.5 Å². The molecular formula is C21H21FN6. The molecule has 0 radical (unpaired) electrons. The Morgan fingerprint density at radius 1 is 1.07 bits per heavy atom. The Kier molecular flexibility index (Phi) is 4.07. The van der Waals surface area contributed by atoms with E-state index in [-0.39, 0.29) is 6.04 Å². The molecule has 4 aromatic heterocycles. The molecule has 4 aromatic rings. The van der Waals surface area contributed by atoms with E-state index in [9.17, 15) is 4.39 Å². The Bertz CT molecular complexity index is 1130. The lowest BCUT2D eigenvalue weighted by atomic mass is 10.1. The fourth-order valence-electron chi connectivity index (χ4n) is 3.84. The lowest BCUT2D eigenvalue weighted by Crippen LogP contribution is -2.25. The summed E-state index contributed by atoms with van der Waals surface area (Å²) in [5.74, 6) is 0.699. The highest BCUT2D eigenvalue weighted by Crippen LogP contribution is 2.27. The minimum Gasteiger partial charge on any atom is -0.364 e. The molecule has 0 saturated heterocycles. The van der Waals surface area contributed by atoms with Gasteiger partial charge >= 0.3 is 0 Å². The van der Waals surface area contributed by atoms with Crippen molar-refractivity contribution in [3.05, 3.63) is 55.1 Å². The van der Waals surface area contributed by atoms with Crippen molar-refractivity contribution in [3.63, 3.8) is 0 Å². The van der Waals surface area contributed by atoms with E-state index in [2.05, 4.69) is 15.4 Å². The van der Waals surface area contributed by atoms with Crippen molar-refractivity contribution in [3.8, 4) is 22.5 Å². The van der Waals surface area contributed by atoms with Crippen molar-refractivity contribution in [2.45, 2.75) is 31.5 Å². The van der Waals surface area contributed by atoms with Gasteiger partial charge in [0.15, 0.2) is 0 Å². The Labute approximate surface area is 162 Å². The van der Waals surface area contributed by atoms with Gasteiger partial charge < -0.3 is 5.32 Å². The molecule has 0 bridgehead atoms. The van der Waals surface area contributed by atoms with E-state index in [1.165, 1.54) is 0 Å². The molecule has 5 rings (SSSR count). The molecule has 1 aliphatic rings. The first-order valence-corrected chi connectivity index (χ1v) is 9.51. The van der Waals surface area contributed by atoms with Crippen LogP contribution >= 0.6 is 0 Å². The molecule has 0 aromatic carbocycles. The molecule has 142 valence electrons. The summed E-state index contributed by atoms with van der Waals surface area (Å²) in [5.41, 5.74) is 4.65. The largest absolute Gasteiger partial charge is 0.364 e. The molecule has 0 aliphatic heterocycles.